The zero-order valence-electron chi connectivity index (χ0n) is 15.5. The lowest BCUT2D eigenvalue weighted by atomic mass is 10.2. The Labute approximate surface area is 168 Å². The number of hydrogen-bond acceptors (Lipinski definition) is 5. The molecule has 0 aliphatic rings. The van der Waals surface area contributed by atoms with Gasteiger partial charge in [-0.25, -0.2) is 0 Å². The molecule has 0 bridgehead atoms. The molecule has 4 rings (SSSR count). The van der Waals surface area contributed by atoms with E-state index < -0.39 is 0 Å². The molecule has 0 spiro atoms. The van der Waals surface area contributed by atoms with Crippen LogP contribution in [0.25, 0.3) is 17.1 Å². The van der Waals surface area contributed by atoms with Gasteiger partial charge >= 0.3 is 0 Å². The molecule has 2 heterocycles. The van der Waals surface area contributed by atoms with Gasteiger partial charge in [-0.1, -0.05) is 48.2 Å². The number of para-hydroxylation sites is 1. The van der Waals surface area contributed by atoms with Gasteiger partial charge in [0, 0.05) is 28.9 Å². The quantitative estimate of drug-likeness (QED) is 0.431. The van der Waals surface area contributed by atoms with E-state index in [0.29, 0.717) is 0 Å². The average molecular weight is 388 g/mol. The van der Waals surface area contributed by atoms with Crippen LogP contribution in [-0.4, -0.2) is 32.6 Å². The molecule has 28 heavy (non-hydrogen) atoms. The van der Waals surface area contributed by atoms with E-state index in [1.54, 1.807) is 18.9 Å². The second kappa shape index (κ2) is 8.71. The van der Waals surface area contributed by atoms with E-state index in [1.807, 2.05) is 66.9 Å². The van der Waals surface area contributed by atoms with Crippen LogP contribution < -0.4 is 4.74 Å². The summed E-state index contributed by atoms with van der Waals surface area (Å²) in [7, 11) is 1.67. The number of rotatable bonds is 7. The van der Waals surface area contributed by atoms with E-state index in [-0.39, 0.29) is 0 Å². The van der Waals surface area contributed by atoms with Gasteiger partial charge in [0.05, 0.1) is 7.11 Å². The normalized spacial score (nSPS) is 10.8. The highest BCUT2D eigenvalue weighted by Crippen LogP contribution is 2.29. The summed E-state index contributed by atoms with van der Waals surface area (Å²) in [5.41, 5.74) is 3.08. The van der Waals surface area contributed by atoms with E-state index in [2.05, 4.69) is 31.9 Å². The van der Waals surface area contributed by atoms with Gasteiger partial charge < -0.3 is 4.74 Å². The molecular formula is C22H20N4OS. The van der Waals surface area contributed by atoms with Crippen LogP contribution in [0.4, 0.5) is 0 Å². The summed E-state index contributed by atoms with van der Waals surface area (Å²) in [4.78, 5) is 4.39. The van der Waals surface area contributed by atoms with Gasteiger partial charge in [0.25, 0.3) is 0 Å². The molecule has 2 aromatic heterocycles. The zero-order valence-corrected chi connectivity index (χ0v) is 16.3. The van der Waals surface area contributed by atoms with E-state index in [9.17, 15) is 0 Å². The lowest BCUT2D eigenvalue weighted by molar-refractivity contribution is 0.415. The fourth-order valence-corrected chi connectivity index (χ4v) is 3.83. The highest BCUT2D eigenvalue weighted by atomic mass is 32.2. The second-order valence-corrected chi connectivity index (χ2v) is 7.19. The minimum absolute atomic E-state index is 0.796. The van der Waals surface area contributed by atoms with Gasteiger partial charge in [-0.15, -0.1) is 10.2 Å². The Morgan fingerprint density at radius 2 is 1.79 bits per heavy atom. The van der Waals surface area contributed by atoms with Gasteiger partial charge in [-0.05, 0) is 42.8 Å². The summed E-state index contributed by atoms with van der Waals surface area (Å²) in [6, 6.07) is 24.1. The van der Waals surface area contributed by atoms with Crippen molar-refractivity contribution < 1.29 is 4.74 Å². The summed E-state index contributed by atoms with van der Waals surface area (Å²) in [6.45, 7) is 0. The number of thioether (sulfide) groups is 1. The Kier molecular flexibility index (Phi) is 5.68. The molecule has 0 atom stereocenters. The number of methoxy groups -OCH3 is 1. The van der Waals surface area contributed by atoms with Gasteiger partial charge in [-0.2, -0.15) is 0 Å². The lowest BCUT2D eigenvalue weighted by Gasteiger charge is -2.11. The highest BCUT2D eigenvalue weighted by Gasteiger charge is 2.16. The van der Waals surface area contributed by atoms with Crippen LogP contribution in [0.5, 0.6) is 5.75 Å². The van der Waals surface area contributed by atoms with Crippen molar-refractivity contribution >= 4 is 11.8 Å². The molecule has 0 unspecified atom stereocenters. The van der Waals surface area contributed by atoms with E-state index >= 15 is 0 Å². The summed E-state index contributed by atoms with van der Waals surface area (Å²) in [6.07, 6.45) is 2.70. The number of nitrogens with zero attached hydrogens (tertiary/aromatic N) is 4. The number of pyridine rings is 1. The maximum absolute atomic E-state index is 5.37. The minimum Gasteiger partial charge on any atom is -0.497 e. The van der Waals surface area contributed by atoms with Crippen molar-refractivity contribution in [1.82, 2.24) is 19.7 Å². The third kappa shape index (κ3) is 4.07. The third-order valence-corrected chi connectivity index (χ3v) is 5.22. The number of aromatic nitrogens is 4. The lowest BCUT2D eigenvalue weighted by Crippen LogP contribution is -2.01. The van der Waals surface area contributed by atoms with Crippen LogP contribution >= 0.6 is 11.8 Å². The largest absolute Gasteiger partial charge is 0.497 e. The van der Waals surface area contributed by atoms with Crippen LogP contribution in [-0.2, 0) is 6.42 Å². The topological polar surface area (TPSA) is 52.8 Å². The van der Waals surface area contributed by atoms with Crippen molar-refractivity contribution in [2.24, 2.45) is 0 Å². The molecule has 6 heteroatoms. The van der Waals surface area contributed by atoms with Crippen LogP contribution in [0.1, 0.15) is 5.69 Å². The summed E-state index contributed by atoms with van der Waals surface area (Å²) in [5, 5.41) is 9.82. The second-order valence-electron chi connectivity index (χ2n) is 6.13. The van der Waals surface area contributed by atoms with Crippen molar-refractivity contribution in [1.29, 1.82) is 0 Å². The zero-order chi connectivity index (χ0) is 19.2. The molecule has 0 radical (unpaired) electrons. The SMILES string of the molecule is COc1cccc(-c2nnc(SCCc3ccccn3)n2-c2ccccc2)c1. The molecule has 140 valence electrons. The van der Waals surface area contributed by atoms with E-state index in [0.717, 1.165) is 45.8 Å². The average Bonchev–Trinajstić information content (AvgIpc) is 3.19. The maximum Gasteiger partial charge on any atom is 0.196 e. The summed E-state index contributed by atoms with van der Waals surface area (Å²) < 4.78 is 7.47. The monoisotopic (exact) mass is 388 g/mol. The molecule has 2 aromatic carbocycles. The molecule has 0 saturated carbocycles. The molecule has 0 fully saturated rings. The standard InChI is InChI=1S/C22H20N4OS/c1-27-20-12-7-8-17(16-20)21-24-25-22(26(21)19-10-3-2-4-11-19)28-15-13-18-9-5-6-14-23-18/h2-12,14,16H,13,15H2,1H3. The molecule has 0 N–H and O–H groups in total. The first kappa shape index (κ1) is 18.3. The molecule has 0 aliphatic heterocycles. The van der Waals surface area contributed by atoms with Gasteiger partial charge in [-0.3, -0.25) is 9.55 Å². The molecule has 0 amide bonds. The highest BCUT2D eigenvalue weighted by molar-refractivity contribution is 7.99. The van der Waals surface area contributed by atoms with Gasteiger partial charge in [0.15, 0.2) is 11.0 Å². The maximum atomic E-state index is 5.37. The Hall–Kier alpha value is -3.12. The summed E-state index contributed by atoms with van der Waals surface area (Å²) in [5.74, 6) is 2.47. The predicted octanol–water partition coefficient (Wildman–Crippen LogP) is 4.67. The van der Waals surface area contributed by atoms with E-state index in [1.165, 1.54) is 0 Å². The van der Waals surface area contributed by atoms with Crippen molar-refractivity contribution in [2.75, 3.05) is 12.9 Å². The molecular weight excluding hydrogens is 368 g/mol. The number of hydrogen-bond donors (Lipinski definition) is 0. The summed E-state index contributed by atoms with van der Waals surface area (Å²) >= 11 is 1.68. The first-order chi connectivity index (χ1) is 13.8. The van der Waals surface area contributed by atoms with Gasteiger partial charge in [0.1, 0.15) is 5.75 Å². The molecule has 0 aliphatic carbocycles. The molecule has 4 aromatic rings. The first-order valence-corrected chi connectivity index (χ1v) is 10.0. The van der Waals surface area contributed by atoms with Crippen molar-refractivity contribution in [2.45, 2.75) is 11.6 Å². The van der Waals surface area contributed by atoms with Crippen molar-refractivity contribution in [3.63, 3.8) is 0 Å². The molecule has 5 nitrogen and oxygen atoms in total. The Morgan fingerprint density at radius 3 is 2.57 bits per heavy atom. The number of aryl methyl sites for hydroxylation is 1. The molecule has 0 saturated heterocycles. The van der Waals surface area contributed by atoms with Gasteiger partial charge in [0.2, 0.25) is 0 Å². The first-order valence-electron chi connectivity index (χ1n) is 9.03. The van der Waals surface area contributed by atoms with Crippen LogP contribution in [0, 0.1) is 0 Å². The smallest absolute Gasteiger partial charge is 0.196 e. The number of ether oxygens (including phenoxy) is 1. The van der Waals surface area contributed by atoms with Crippen LogP contribution in [0.15, 0.2) is 84.1 Å². The number of benzene rings is 2. The third-order valence-electron chi connectivity index (χ3n) is 4.29. The van der Waals surface area contributed by atoms with Crippen molar-refractivity contribution in [3.8, 4) is 22.8 Å². The fraction of sp³-hybridized carbons (Fsp3) is 0.136. The minimum atomic E-state index is 0.796. The van der Waals surface area contributed by atoms with E-state index in [4.69, 9.17) is 4.74 Å². The predicted molar refractivity (Wildman–Crippen MR) is 112 cm³/mol. The Morgan fingerprint density at radius 1 is 0.929 bits per heavy atom. The van der Waals surface area contributed by atoms with Crippen molar-refractivity contribution in [3.05, 3.63) is 84.7 Å². The Bertz CT molecular complexity index is 1030. The Balaban J connectivity index is 1.65. The van der Waals surface area contributed by atoms with Crippen LogP contribution in [0.2, 0.25) is 0 Å². The van der Waals surface area contributed by atoms with Crippen LogP contribution in [0.3, 0.4) is 0 Å². The fourth-order valence-electron chi connectivity index (χ4n) is 2.92.